The lowest BCUT2D eigenvalue weighted by Crippen LogP contribution is -2.45. The molecule has 148 valence electrons. The third kappa shape index (κ3) is 2.96. The van der Waals surface area contributed by atoms with Crippen molar-refractivity contribution in [3.8, 4) is 0 Å². The van der Waals surface area contributed by atoms with Crippen molar-refractivity contribution >= 4 is 34.7 Å². The number of hydrogen-bond acceptors (Lipinski definition) is 3. The Hall–Kier alpha value is -2.63. The second-order valence-electron chi connectivity index (χ2n) is 7.76. The maximum absolute atomic E-state index is 13.3. The number of carbonyl (C=O) groups excluding carboxylic acids is 2. The molecule has 1 fully saturated rings. The summed E-state index contributed by atoms with van der Waals surface area (Å²) in [5.74, 6) is -0.0110. The molecule has 1 aromatic heterocycles. The van der Waals surface area contributed by atoms with E-state index in [0.29, 0.717) is 30.3 Å². The van der Waals surface area contributed by atoms with Crippen LogP contribution in [0.2, 0.25) is 5.02 Å². The van der Waals surface area contributed by atoms with Crippen molar-refractivity contribution < 1.29 is 14.3 Å². The molecule has 2 aromatic carbocycles. The highest BCUT2D eigenvalue weighted by Crippen LogP contribution is 2.44. The number of likely N-dealkylation sites (tertiary alicyclic amines) is 1. The van der Waals surface area contributed by atoms with Gasteiger partial charge in [-0.15, -0.1) is 0 Å². The Bertz CT molecular complexity index is 1110. The van der Waals surface area contributed by atoms with Crippen LogP contribution in [-0.2, 0) is 28.3 Å². The monoisotopic (exact) mass is 408 g/mol. The average Bonchev–Trinajstić information content (AvgIpc) is 3.28. The highest BCUT2D eigenvalue weighted by atomic mass is 35.5. The van der Waals surface area contributed by atoms with Crippen molar-refractivity contribution in [3.63, 3.8) is 0 Å². The molecule has 2 aliphatic heterocycles. The molecule has 0 radical (unpaired) electrons. The molecule has 29 heavy (non-hydrogen) atoms. The smallest absolute Gasteiger partial charge is 0.256 e. The minimum absolute atomic E-state index is 0.0110. The molecule has 2 aliphatic rings. The van der Waals surface area contributed by atoms with Crippen molar-refractivity contribution in [2.75, 3.05) is 13.1 Å². The number of aldehydes is 1. The third-order valence-corrected chi connectivity index (χ3v) is 6.45. The van der Waals surface area contributed by atoms with Crippen molar-refractivity contribution in [1.82, 2.24) is 9.47 Å². The van der Waals surface area contributed by atoms with E-state index in [1.54, 1.807) is 22.9 Å². The lowest BCUT2D eigenvalue weighted by atomic mass is 9.83. The maximum atomic E-state index is 13.3. The largest absolute Gasteiger partial charge is 0.365 e. The van der Waals surface area contributed by atoms with E-state index in [1.165, 1.54) is 11.1 Å². The van der Waals surface area contributed by atoms with Gasteiger partial charge in [0.05, 0.1) is 29.8 Å². The van der Waals surface area contributed by atoms with E-state index in [-0.39, 0.29) is 18.1 Å². The Morgan fingerprint density at radius 2 is 1.97 bits per heavy atom. The number of carbonyl (C=O) groups is 2. The summed E-state index contributed by atoms with van der Waals surface area (Å²) in [6.07, 6.45) is 4.17. The van der Waals surface area contributed by atoms with Crippen LogP contribution in [0.15, 0.2) is 48.7 Å². The second-order valence-corrected chi connectivity index (χ2v) is 8.19. The van der Waals surface area contributed by atoms with Gasteiger partial charge in [0, 0.05) is 29.7 Å². The highest BCUT2D eigenvalue weighted by molar-refractivity contribution is 6.31. The molecule has 0 bridgehead atoms. The number of hydrogen-bond donors (Lipinski definition) is 0. The van der Waals surface area contributed by atoms with Gasteiger partial charge >= 0.3 is 0 Å². The molecule has 3 aromatic rings. The van der Waals surface area contributed by atoms with Gasteiger partial charge in [0.15, 0.2) is 0 Å². The van der Waals surface area contributed by atoms with Crippen LogP contribution >= 0.6 is 11.6 Å². The van der Waals surface area contributed by atoms with Gasteiger partial charge < -0.3 is 19.0 Å². The van der Waals surface area contributed by atoms with Crippen molar-refractivity contribution in [3.05, 3.63) is 70.4 Å². The van der Waals surface area contributed by atoms with Gasteiger partial charge in [-0.25, -0.2) is 0 Å². The van der Waals surface area contributed by atoms with Crippen LogP contribution < -0.4 is 0 Å². The predicted molar refractivity (Wildman–Crippen MR) is 111 cm³/mol. The van der Waals surface area contributed by atoms with Crippen molar-refractivity contribution in [1.29, 1.82) is 0 Å². The number of aromatic nitrogens is 1. The van der Waals surface area contributed by atoms with E-state index >= 15 is 0 Å². The number of piperidine rings is 1. The molecule has 5 rings (SSSR count). The van der Waals surface area contributed by atoms with Gasteiger partial charge in [0.25, 0.3) is 5.91 Å². The highest BCUT2D eigenvalue weighted by Gasteiger charge is 2.43. The molecule has 5 nitrogen and oxygen atoms in total. The summed E-state index contributed by atoms with van der Waals surface area (Å²) in [7, 11) is 0. The first-order valence-electron chi connectivity index (χ1n) is 9.85. The minimum atomic E-state index is -0.271. The fourth-order valence-electron chi connectivity index (χ4n) is 4.71. The zero-order chi connectivity index (χ0) is 20.0. The van der Waals surface area contributed by atoms with Crippen LogP contribution in [-0.4, -0.2) is 34.7 Å². The van der Waals surface area contributed by atoms with Gasteiger partial charge in [0.2, 0.25) is 0 Å². The lowest BCUT2D eigenvalue weighted by molar-refractivity contribution is -0.108. The van der Waals surface area contributed by atoms with Crippen LogP contribution in [0, 0.1) is 0 Å². The molecule has 1 spiro atoms. The lowest BCUT2D eigenvalue weighted by Gasteiger charge is -2.39. The Morgan fingerprint density at radius 1 is 1.17 bits per heavy atom. The van der Waals surface area contributed by atoms with Gasteiger partial charge in [0.1, 0.15) is 6.29 Å². The van der Waals surface area contributed by atoms with E-state index in [0.717, 1.165) is 30.0 Å². The number of ether oxygens (including phenoxy) is 1. The molecule has 0 N–H and O–H groups in total. The topological polar surface area (TPSA) is 51.5 Å². The summed E-state index contributed by atoms with van der Waals surface area (Å²) in [5.41, 5.74) is 3.66. The fourth-order valence-corrected chi connectivity index (χ4v) is 4.87. The molecular formula is C23H21ClN2O3. The number of fused-ring (bicyclic) bond motifs is 3. The summed E-state index contributed by atoms with van der Waals surface area (Å²) >= 11 is 6.13. The first kappa shape index (κ1) is 18.4. The van der Waals surface area contributed by atoms with Crippen molar-refractivity contribution in [2.24, 2.45) is 0 Å². The summed E-state index contributed by atoms with van der Waals surface area (Å²) < 4.78 is 7.99. The summed E-state index contributed by atoms with van der Waals surface area (Å²) in [6, 6.07) is 13.8. The van der Waals surface area contributed by atoms with E-state index in [4.69, 9.17) is 16.3 Å². The zero-order valence-electron chi connectivity index (χ0n) is 15.9. The minimum Gasteiger partial charge on any atom is -0.365 e. The van der Waals surface area contributed by atoms with E-state index in [2.05, 4.69) is 18.2 Å². The molecule has 0 unspecified atom stereocenters. The van der Waals surface area contributed by atoms with E-state index in [9.17, 15) is 9.59 Å². The molecule has 1 saturated heterocycles. The van der Waals surface area contributed by atoms with Crippen LogP contribution in [0.3, 0.4) is 0 Å². The quantitative estimate of drug-likeness (QED) is 0.611. The Kier molecular flexibility index (Phi) is 4.45. The molecule has 0 aliphatic carbocycles. The van der Waals surface area contributed by atoms with Crippen molar-refractivity contribution in [2.45, 2.75) is 31.6 Å². The normalized spacial score (nSPS) is 17.6. The van der Waals surface area contributed by atoms with Gasteiger partial charge in [-0.3, -0.25) is 4.79 Å². The number of rotatable bonds is 3. The summed E-state index contributed by atoms with van der Waals surface area (Å²) in [5, 5.41) is 1.41. The molecule has 0 saturated carbocycles. The van der Waals surface area contributed by atoms with Crippen LogP contribution in [0.4, 0.5) is 0 Å². The summed E-state index contributed by atoms with van der Waals surface area (Å²) in [4.78, 5) is 26.3. The standard InChI is InChI=1S/C23H21ClN2O3/c24-17-5-6-18-19(14-26(11-12-27)21(18)13-17)22(28)25-9-7-23(8-10-25)20-4-2-1-3-16(20)15-29-23/h1-6,12-14H,7-11,15H2. The fraction of sp³-hybridized carbons (Fsp3) is 0.304. The number of halogens is 1. The first-order valence-corrected chi connectivity index (χ1v) is 10.2. The average molecular weight is 409 g/mol. The van der Waals surface area contributed by atoms with E-state index < -0.39 is 0 Å². The predicted octanol–water partition coefficient (Wildman–Crippen LogP) is 4.16. The molecule has 1 amide bonds. The second kappa shape index (κ2) is 7.01. The molecule has 3 heterocycles. The van der Waals surface area contributed by atoms with Crippen LogP contribution in [0.5, 0.6) is 0 Å². The number of nitrogens with zero attached hydrogens (tertiary/aromatic N) is 2. The van der Waals surface area contributed by atoms with Gasteiger partial charge in [-0.1, -0.05) is 41.9 Å². The third-order valence-electron chi connectivity index (χ3n) is 6.22. The maximum Gasteiger partial charge on any atom is 0.256 e. The Morgan fingerprint density at radius 3 is 2.76 bits per heavy atom. The van der Waals surface area contributed by atoms with Gasteiger partial charge in [-0.05, 0) is 36.1 Å². The van der Waals surface area contributed by atoms with Crippen LogP contribution in [0.25, 0.3) is 10.9 Å². The van der Waals surface area contributed by atoms with Gasteiger partial charge in [-0.2, -0.15) is 0 Å². The zero-order valence-corrected chi connectivity index (χ0v) is 16.7. The number of benzene rings is 2. The molecular weight excluding hydrogens is 388 g/mol. The number of amides is 1. The van der Waals surface area contributed by atoms with Crippen LogP contribution in [0.1, 0.15) is 34.3 Å². The molecule has 0 atom stereocenters. The van der Waals surface area contributed by atoms with E-state index in [1.807, 2.05) is 17.0 Å². The summed E-state index contributed by atoms with van der Waals surface area (Å²) in [6.45, 7) is 2.12. The molecule has 6 heteroatoms. The Labute approximate surface area is 173 Å². The first-order chi connectivity index (χ1) is 14.1. The SMILES string of the molecule is O=CCn1cc(C(=O)N2CCC3(CC2)OCc2ccccc23)c2ccc(Cl)cc21. The Balaban J connectivity index is 1.41.